The Hall–Kier alpha value is -3.11. The fraction of sp³-hybridized carbons (Fsp3) is 0.550. The molecule has 3 heterocycles. The molecule has 2 aromatic heterocycles. The second-order valence-electron chi connectivity index (χ2n) is 7.58. The Labute approximate surface area is 201 Å². The molecule has 10 nitrogen and oxygen atoms in total. The van der Waals surface area contributed by atoms with Gasteiger partial charge >= 0.3 is 24.3 Å². The van der Waals surface area contributed by atoms with Gasteiger partial charge in [-0.25, -0.2) is 14.6 Å². The van der Waals surface area contributed by atoms with Gasteiger partial charge in [-0.3, -0.25) is 4.90 Å². The van der Waals surface area contributed by atoms with Crippen molar-refractivity contribution in [1.82, 2.24) is 19.4 Å². The number of furan rings is 1. The van der Waals surface area contributed by atoms with E-state index in [0.717, 1.165) is 50.8 Å². The number of carboxylic acids is 2. The first-order valence-corrected chi connectivity index (χ1v) is 10.2. The molecule has 0 atom stereocenters. The van der Waals surface area contributed by atoms with E-state index in [1.165, 1.54) is 5.69 Å². The van der Waals surface area contributed by atoms with Gasteiger partial charge in [-0.1, -0.05) is 0 Å². The molecule has 16 heteroatoms. The molecule has 2 aromatic rings. The number of hydrogen-bond acceptors (Lipinski definition) is 7. The zero-order valence-electron chi connectivity index (χ0n) is 19.3. The quantitative estimate of drug-likeness (QED) is 0.410. The number of carboxylic acid groups (broad SMARTS) is 2. The van der Waals surface area contributed by atoms with Crippen molar-refractivity contribution in [3.8, 4) is 0 Å². The van der Waals surface area contributed by atoms with Crippen LogP contribution in [0.4, 0.5) is 26.3 Å². The minimum absolute atomic E-state index is 0.588. The number of aliphatic carboxylic acids is 2. The molecule has 0 aromatic carbocycles. The molecule has 36 heavy (non-hydrogen) atoms. The van der Waals surface area contributed by atoms with E-state index in [1.807, 2.05) is 32.6 Å². The van der Waals surface area contributed by atoms with E-state index < -0.39 is 24.3 Å². The number of ether oxygens (including phenoxy) is 1. The van der Waals surface area contributed by atoms with Crippen molar-refractivity contribution in [2.45, 2.75) is 38.6 Å². The average Bonchev–Trinajstić information content (AvgIpc) is 3.40. The maximum absolute atomic E-state index is 10.6. The lowest BCUT2D eigenvalue weighted by molar-refractivity contribution is -0.193. The first-order chi connectivity index (χ1) is 16.6. The van der Waals surface area contributed by atoms with E-state index >= 15 is 0 Å². The number of fused-ring (bicyclic) bond motifs is 1. The summed E-state index contributed by atoms with van der Waals surface area (Å²) in [6.45, 7) is 5.98. The van der Waals surface area contributed by atoms with Gasteiger partial charge in [0.1, 0.15) is 5.76 Å². The van der Waals surface area contributed by atoms with Crippen LogP contribution in [-0.4, -0.2) is 87.6 Å². The molecule has 1 aliphatic heterocycles. The molecular formula is C20H26F6N4O6. The highest BCUT2D eigenvalue weighted by Crippen LogP contribution is 2.19. The van der Waals surface area contributed by atoms with Crippen molar-refractivity contribution in [2.75, 3.05) is 33.8 Å². The van der Waals surface area contributed by atoms with Gasteiger partial charge in [-0.2, -0.15) is 26.3 Å². The Morgan fingerprint density at radius 3 is 2.17 bits per heavy atom. The molecule has 0 unspecified atom stereocenters. The zero-order valence-corrected chi connectivity index (χ0v) is 19.3. The van der Waals surface area contributed by atoms with Crippen LogP contribution < -0.4 is 0 Å². The lowest BCUT2D eigenvalue weighted by Crippen LogP contribution is -2.33. The van der Waals surface area contributed by atoms with Crippen LogP contribution in [0.25, 0.3) is 0 Å². The predicted molar refractivity (Wildman–Crippen MR) is 111 cm³/mol. The highest BCUT2D eigenvalue weighted by Gasteiger charge is 2.38. The fourth-order valence-corrected chi connectivity index (χ4v) is 2.66. The molecule has 0 saturated carbocycles. The standard InChI is InChI=1S/C16H24N4O2.2C2HF3O2/c1-18(2)7-9-21-12-15-16-11-19(5-6-20(16)13-17-15)10-14-4-3-8-22-14;2*3-2(4,5)1(6)7/h3-4,8,13H,5-7,9-12H2,1-2H3;2*(H,6,7). The largest absolute Gasteiger partial charge is 0.490 e. The highest BCUT2D eigenvalue weighted by atomic mass is 19.4. The lowest BCUT2D eigenvalue weighted by Gasteiger charge is -2.27. The third-order valence-electron chi connectivity index (χ3n) is 4.43. The molecule has 0 radical (unpaired) electrons. The van der Waals surface area contributed by atoms with E-state index in [4.69, 9.17) is 29.0 Å². The fourth-order valence-electron chi connectivity index (χ4n) is 2.66. The van der Waals surface area contributed by atoms with E-state index in [9.17, 15) is 26.3 Å². The number of carbonyl (C=O) groups is 2. The first-order valence-electron chi connectivity index (χ1n) is 10.2. The molecule has 3 rings (SSSR count). The first kappa shape index (κ1) is 30.9. The van der Waals surface area contributed by atoms with Gasteiger partial charge in [0, 0.05) is 26.2 Å². The highest BCUT2D eigenvalue weighted by molar-refractivity contribution is 5.73. The Morgan fingerprint density at radius 1 is 1.11 bits per heavy atom. The van der Waals surface area contributed by atoms with Gasteiger partial charge in [0.15, 0.2) is 0 Å². The van der Waals surface area contributed by atoms with Crippen LogP contribution in [0.3, 0.4) is 0 Å². The summed E-state index contributed by atoms with van der Waals surface area (Å²) in [6.07, 6.45) is -6.50. The number of halogens is 6. The van der Waals surface area contributed by atoms with Crippen LogP contribution in [0.2, 0.25) is 0 Å². The number of imidazole rings is 1. The summed E-state index contributed by atoms with van der Waals surface area (Å²) in [6, 6.07) is 3.96. The van der Waals surface area contributed by atoms with Crippen LogP contribution >= 0.6 is 0 Å². The zero-order chi connectivity index (χ0) is 27.5. The molecule has 0 spiro atoms. The number of nitrogens with zero attached hydrogens (tertiary/aromatic N) is 4. The molecule has 2 N–H and O–H groups in total. The SMILES string of the molecule is CN(C)CCOCc1ncn2c1CN(Cc1ccco1)CC2.O=C(O)C(F)(F)F.O=C(O)C(F)(F)F. The van der Waals surface area contributed by atoms with Crippen LogP contribution in [-0.2, 0) is 40.6 Å². The Kier molecular flexibility index (Phi) is 11.9. The second-order valence-corrected chi connectivity index (χ2v) is 7.58. The predicted octanol–water partition coefficient (Wildman–Crippen LogP) is 2.84. The Morgan fingerprint density at radius 2 is 1.69 bits per heavy atom. The van der Waals surface area contributed by atoms with E-state index in [-0.39, 0.29) is 0 Å². The summed E-state index contributed by atoms with van der Waals surface area (Å²) in [5, 5.41) is 14.2. The van der Waals surface area contributed by atoms with Crippen molar-refractivity contribution in [3.05, 3.63) is 41.9 Å². The molecule has 0 fully saturated rings. The third kappa shape index (κ3) is 11.5. The minimum atomic E-state index is -5.08. The maximum atomic E-state index is 10.6. The average molecular weight is 532 g/mol. The van der Waals surface area contributed by atoms with Gasteiger partial charge in [0.05, 0.1) is 43.7 Å². The number of alkyl halides is 6. The smallest absolute Gasteiger partial charge is 0.475 e. The minimum Gasteiger partial charge on any atom is -0.475 e. The van der Waals surface area contributed by atoms with Crippen molar-refractivity contribution < 1.29 is 55.3 Å². The monoisotopic (exact) mass is 532 g/mol. The molecule has 0 bridgehead atoms. The van der Waals surface area contributed by atoms with Crippen LogP contribution in [0, 0.1) is 0 Å². The number of likely N-dealkylation sites (N-methyl/N-ethyl adjacent to an activating group) is 1. The van der Waals surface area contributed by atoms with Gasteiger partial charge < -0.3 is 28.8 Å². The summed E-state index contributed by atoms with van der Waals surface area (Å²) >= 11 is 0. The normalized spacial score (nSPS) is 13.8. The Balaban J connectivity index is 0.000000383. The molecule has 0 saturated heterocycles. The lowest BCUT2D eigenvalue weighted by atomic mass is 10.2. The van der Waals surface area contributed by atoms with Crippen LogP contribution in [0.1, 0.15) is 17.1 Å². The molecular weight excluding hydrogens is 506 g/mol. The third-order valence-corrected chi connectivity index (χ3v) is 4.43. The van der Waals surface area contributed by atoms with Crippen molar-refractivity contribution >= 4 is 11.9 Å². The number of rotatable bonds is 7. The van der Waals surface area contributed by atoms with E-state index in [0.29, 0.717) is 6.61 Å². The van der Waals surface area contributed by atoms with Gasteiger partial charge in [0.25, 0.3) is 0 Å². The summed E-state index contributed by atoms with van der Waals surface area (Å²) in [5.74, 6) is -4.50. The summed E-state index contributed by atoms with van der Waals surface area (Å²) < 4.78 is 76.9. The maximum Gasteiger partial charge on any atom is 0.490 e. The van der Waals surface area contributed by atoms with Crippen molar-refractivity contribution in [1.29, 1.82) is 0 Å². The summed E-state index contributed by atoms with van der Waals surface area (Å²) in [7, 11) is 4.10. The van der Waals surface area contributed by atoms with E-state index in [2.05, 4.69) is 19.4 Å². The van der Waals surface area contributed by atoms with Crippen LogP contribution in [0.15, 0.2) is 29.1 Å². The topological polar surface area (TPSA) is 121 Å². The summed E-state index contributed by atoms with van der Waals surface area (Å²) in [5.41, 5.74) is 2.32. The number of aromatic nitrogens is 2. The van der Waals surface area contributed by atoms with Crippen LogP contribution in [0.5, 0.6) is 0 Å². The van der Waals surface area contributed by atoms with Gasteiger partial charge in [-0.15, -0.1) is 0 Å². The van der Waals surface area contributed by atoms with E-state index in [1.54, 1.807) is 6.26 Å². The molecule has 0 amide bonds. The molecule has 1 aliphatic rings. The van der Waals surface area contributed by atoms with Gasteiger partial charge in [0.2, 0.25) is 0 Å². The van der Waals surface area contributed by atoms with Crippen molar-refractivity contribution in [2.24, 2.45) is 0 Å². The van der Waals surface area contributed by atoms with Crippen molar-refractivity contribution in [3.63, 3.8) is 0 Å². The second kappa shape index (κ2) is 13.8. The summed E-state index contributed by atoms with van der Waals surface area (Å²) in [4.78, 5) is 26.8. The Bertz CT molecular complexity index is 920. The van der Waals surface area contributed by atoms with Gasteiger partial charge in [-0.05, 0) is 26.2 Å². The molecule has 0 aliphatic carbocycles. The molecule has 204 valence electrons. The number of hydrogen-bond donors (Lipinski definition) is 2.